The molecule has 1 fully saturated rings. The van der Waals surface area contributed by atoms with Crippen LogP contribution in [-0.4, -0.2) is 45.5 Å². The number of aliphatic imine (C=N–C) groups is 1. The van der Waals surface area contributed by atoms with Gasteiger partial charge >= 0.3 is 0 Å². The summed E-state index contributed by atoms with van der Waals surface area (Å²) in [5.41, 5.74) is 0. The van der Waals surface area contributed by atoms with Crippen molar-refractivity contribution in [1.29, 1.82) is 0 Å². The van der Waals surface area contributed by atoms with E-state index in [1.807, 2.05) is 18.5 Å². The Balaban J connectivity index is 1.87. The van der Waals surface area contributed by atoms with Gasteiger partial charge in [-0.05, 0) is 53.4 Å². The molecule has 1 aromatic rings. The third kappa shape index (κ3) is 5.47. The Hall–Kier alpha value is -1.63. The molecule has 0 atom stereocenters. The summed E-state index contributed by atoms with van der Waals surface area (Å²) in [6.45, 7) is 9.61. The number of nitrogens with zero attached hydrogens (tertiary/aromatic N) is 4. The van der Waals surface area contributed by atoms with Gasteiger partial charge in [0.2, 0.25) is 0 Å². The summed E-state index contributed by atoms with van der Waals surface area (Å²) in [6.07, 6.45) is 5.17. The van der Waals surface area contributed by atoms with Gasteiger partial charge in [-0.3, -0.25) is 0 Å². The highest BCUT2D eigenvalue weighted by atomic mass is 16.5. The minimum Gasteiger partial charge on any atom is -0.376 e. The van der Waals surface area contributed by atoms with Crippen LogP contribution in [-0.2, 0) is 18.3 Å². The molecule has 24 heavy (non-hydrogen) atoms. The van der Waals surface area contributed by atoms with Crippen molar-refractivity contribution in [3.8, 4) is 0 Å². The predicted molar refractivity (Wildman–Crippen MR) is 96.0 cm³/mol. The van der Waals surface area contributed by atoms with Gasteiger partial charge in [0, 0.05) is 19.6 Å². The van der Waals surface area contributed by atoms with E-state index in [1.165, 1.54) is 0 Å². The number of hydrogen-bond donors (Lipinski definition) is 2. The summed E-state index contributed by atoms with van der Waals surface area (Å²) < 4.78 is 7.89. The molecule has 0 aromatic carbocycles. The van der Waals surface area contributed by atoms with E-state index in [9.17, 15) is 0 Å². The van der Waals surface area contributed by atoms with Crippen LogP contribution in [0.5, 0.6) is 0 Å². The number of guanidine groups is 1. The number of rotatable bonds is 6. The van der Waals surface area contributed by atoms with E-state index in [4.69, 9.17) is 4.74 Å². The van der Waals surface area contributed by atoms with Crippen molar-refractivity contribution in [2.75, 3.05) is 6.54 Å². The molecule has 7 nitrogen and oxygen atoms in total. The highest BCUT2D eigenvalue weighted by molar-refractivity contribution is 5.80. The van der Waals surface area contributed by atoms with Crippen LogP contribution < -0.4 is 10.6 Å². The van der Waals surface area contributed by atoms with Crippen LogP contribution in [0.2, 0.25) is 0 Å². The lowest BCUT2D eigenvalue weighted by atomic mass is 9.93. The van der Waals surface area contributed by atoms with Gasteiger partial charge in [-0.15, -0.1) is 10.2 Å². The zero-order valence-electron chi connectivity index (χ0n) is 15.7. The highest BCUT2D eigenvalue weighted by Crippen LogP contribution is 2.22. The minimum absolute atomic E-state index is 0.313. The molecular formula is C17H32N6O. The summed E-state index contributed by atoms with van der Waals surface area (Å²) >= 11 is 0. The Morgan fingerprint density at radius 2 is 2.00 bits per heavy atom. The maximum Gasteiger partial charge on any atom is 0.191 e. The smallest absolute Gasteiger partial charge is 0.191 e. The van der Waals surface area contributed by atoms with Gasteiger partial charge in [-0.2, -0.15) is 0 Å². The lowest BCUT2D eigenvalue weighted by Crippen LogP contribution is -2.45. The molecule has 1 aliphatic rings. The molecule has 1 aromatic heterocycles. The standard InChI is InChI=1S/C17H32N6O/c1-6-18-17(19-11-16-22-21-13(4)23(16)5)20-14-7-9-15(10-8-14)24-12(2)3/h12,14-15H,6-11H2,1-5H3,(H2,18,19,20). The Morgan fingerprint density at radius 3 is 2.54 bits per heavy atom. The molecule has 2 N–H and O–H groups in total. The van der Waals surface area contributed by atoms with Gasteiger partial charge in [0.15, 0.2) is 11.8 Å². The molecule has 7 heteroatoms. The van der Waals surface area contributed by atoms with Crippen LogP contribution in [0.4, 0.5) is 0 Å². The summed E-state index contributed by atoms with van der Waals surface area (Å²) in [5, 5.41) is 15.1. The molecule has 1 aliphatic carbocycles. The topological polar surface area (TPSA) is 76.4 Å². The van der Waals surface area contributed by atoms with Crippen molar-refractivity contribution >= 4 is 5.96 Å². The third-order valence-electron chi connectivity index (χ3n) is 4.39. The second-order valence-corrected chi connectivity index (χ2v) is 6.72. The molecule has 2 rings (SSSR count). The first-order chi connectivity index (χ1) is 11.5. The maximum atomic E-state index is 5.92. The summed E-state index contributed by atoms with van der Waals surface area (Å²) in [6, 6.07) is 0.455. The minimum atomic E-state index is 0.313. The molecule has 0 amide bonds. The monoisotopic (exact) mass is 336 g/mol. The first kappa shape index (κ1) is 18.7. The Labute approximate surface area is 145 Å². The first-order valence-corrected chi connectivity index (χ1v) is 9.04. The number of aromatic nitrogens is 3. The van der Waals surface area contributed by atoms with Crippen LogP contribution in [0.15, 0.2) is 4.99 Å². The maximum absolute atomic E-state index is 5.92. The predicted octanol–water partition coefficient (Wildman–Crippen LogP) is 1.91. The summed E-state index contributed by atoms with van der Waals surface area (Å²) in [5.74, 6) is 2.63. The Bertz CT molecular complexity index is 531. The van der Waals surface area contributed by atoms with E-state index in [0.29, 0.717) is 24.8 Å². The van der Waals surface area contributed by atoms with Crippen molar-refractivity contribution < 1.29 is 4.74 Å². The van der Waals surface area contributed by atoms with Crippen molar-refractivity contribution in [3.05, 3.63) is 11.6 Å². The van der Waals surface area contributed by atoms with E-state index in [0.717, 1.165) is 49.8 Å². The summed E-state index contributed by atoms with van der Waals surface area (Å²) in [7, 11) is 1.97. The van der Waals surface area contributed by atoms with Gasteiger partial charge in [-0.25, -0.2) is 4.99 Å². The second-order valence-electron chi connectivity index (χ2n) is 6.72. The fourth-order valence-corrected chi connectivity index (χ4v) is 2.98. The van der Waals surface area contributed by atoms with Crippen molar-refractivity contribution in [2.24, 2.45) is 12.0 Å². The molecule has 0 spiro atoms. The average molecular weight is 336 g/mol. The van der Waals surface area contributed by atoms with Crippen molar-refractivity contribution in [3.63, 3.8) is 0 Å². The van der Waals surface area contributed by atoms with Crippen LogP contribution in [0.25, 0.3) is 0 Å². The molecule has 0 unspecified atom stereocenters. The fourth-order valence-electron chi connectivity index (χ4n) is 2.98. The molecule has 0 saturated heterocycles. The van der Waals surface area contributed by atoms with Gasteiger partial charge in [0.25, 0.3) is 0 Å². The number of hydrogen-bond acceptors (Lipinski definition) is 4. The van der Waals surface area contributed by atoms with Gasteiger partial charge in [0.05, 0.1) is 12.2 Å². The quantitative estimate of drug-likeness (QED) is 0.613. The lowest BCUT2D eigenvalue weighted by Gasteiger charge is -2.31. The molecule has 0 radical (unpaired) electrons. The fraction of sp³-hybridized carbons (Fsp3) is 0.824. The van der Waals surface area contributed by atoms with E-state index < -0.39 is 0 Å². The average Bonchev–Trinajstić information content (AvgIpc) is 2.86. The zero-order valence-corrected chi connectivity index (χ0v) is 15.7. The van der Waals surface area contributed by atoms with Gasteiger partial charge in [-0.1, -0.05) is 0 Å². The normalized spacial score (nSPS) is 22.0. The van der Waals surface area contributed by atoms with E-state index in [1.54, 1.807) is 0 Å². The molecule has 1 saturated carbocycles. The van der Waals surface area contributed by atoms with Crippen LogP contribution >= 0.6 is 0 Å². The SMILES string of the molecule is CCNC(=NCc1nnc(C)n1C)NC1CCC(OC(C)C)CC1. The molecule has 0 bridgehead atoms. The van der Waals surface area contributed by atoms with E-state index in [-0.39, 0.29) is 0 Å². The van der Waals surface area contributed by atoms with E-state index >= 15 is 0 Å². The van der Waals surface area contributed by atoms with Crippen molar-refractivity contribution in [2.45, 2.75) is 78.2 Å². The first-order valence-electron chi connectivity index (χ1n) is 9.04. The molecular weight excluding hydrogens is 304 g/mol. The lowest BCUT2D eigenvalue weighted by molar-refractivity contribution is -0.0152. The Morgan fingerprint density at radius 1 is 1.29 bits per heavy atom. The second kappa shape index (κ2) is 9.01. The number of ether oxygens (including phenoxy) is 1. The van der Waals surface area contributed by atoms with Crippen molar-refractivity contribution in [1.82, 2.24) is 25.4 Å². The van der Waals surface area contributed by atoms with Crippen LogP contribution in [0.1, 0.15) is 58.1 Å². The molecule has 1 heterocycles. The zero-order chi connectivity index (χ0) is 17.5. The molecule has 136 valence electrons. The third-order valence-corrected chi connectivity index (χ3v) is 4.39. The highest BCUT2D eigenvalue weighted by Gasteiger charge is 2.23. The Kier molecular flexibility index (Phi) is 7.02. The van der Waals surface area contributed by atoms with Crippen LogP contribution in [0.3, 0.4) is 0 Å². The number of aryl methyl sites for hydroxylation is 1. The largest absolute Gasteiger partial charge is 0.376 e. The van der Waals surface area contributed by atoms with Gasteiger partial charge < -0.3 is 19.9 Å². The molecule has 0 aliphatic heterocycles. The van der Waals surface area contributed by atoms with E-state index in [2.05, 4.69) is 46.6 Å². The van der Waals surface area contributed by atoms with Gasteiger partial charge in [0.1, 0.15) is 12.4 Å². The number of nitrogens with one attached hydrogen (secondary N) is 2. The summed E-state index contributed by atoms with van der Waals surface area (Å²) in [4.78, 5) is 4.66. The van der Waals surface area contributed by atoms with Crippen LogP contribution in [0, 0.1) is 6.92 Å².